The number of nitrogens with zero attached hydrogens (tertiary/aromatic N) is 4. The van der Waals surface area contributed by atoms with Crippen LogP contribution in [0.3, 0.4) is 0 Å². The highest BCUT2D eigenvalue weighted by molar-refractivity contribution is 5.78. The van der Waals surface area contributed by atoms with Crippen LogP contribution in [0, 0.1) is 0 Å². The smallest absolute Gasteiger partial charge is 0.245 e. The second-order valence-corrected chi connectivity index (χ2v) is 6.47. The van der Waals surface area contributed by atoms with Crippen molar-refractivity contribution in [3.63, 3.8) is 0 Å². The first-order valence-corrected chi connectivity index (χ1v) is 8.80. The Morgan fingerprint density at radius 2 is 1.22 bits per heavy atom. The summed E-state index contributed by atoms with van der Waals surface area (Å²) >= 11 is 0. The van der Waals surface area contributed by atoms with Gasteiger partial charge < -0.3 is 14.4 Å². The molecule has 0 aliphatic carbocycles. The van der Waals surface area contributed by atoms with Crippen LogP contribution < -0.4 is 14.4 Å². The van der Waals surface area contributed by atoms with E-state index >= 15 is 0 Å². The van der Waals surface area contributed by atoms with Gasteiger partial charge >= 0.3 is 0 Å². The quantitative estimate of drug-likeness (QED) is 0.657. The first-order valence-electron chi connectivity index (χ1n) is 8.80. The first-order chi connectivity index (χ1) is 13.0. The van der Waals surface area contributed by atoms with Gasteiger partial charge in [-0.25, -0.2) is 4.98 Å². The van der Waals surface area contributed by atoms with Crippen LogP contribution in [-0.4, -0.2) is 42.5 Å². The largest absolute Gasteiger partial charge is 0.497 e. The Balaban J connectivity index is 2.13. The second-order valence-electron chi connectivity index (χ2n) is 6.47. The van der Waals surface area contributed by atoms with Gasteiger partial charge in [-0.3, -0.25) is 0 Å². The van der Waals surface area contributed by atoms with E-state index in [1.807, 2.05) is 60.5 Å². The number of hydrogen-bond donors (Lipinski definition) is 0. The molecule has 3 aromatic rings. The summed E-state index contributed by atoms with van der Waals surface area (Å²) in [6, 6.07) is 15.8. The van der Waals surface area contributed by atoms with Crippen LogP contribution in [0.15, 0.2) is 48.5 Å². The fourth-order valence-corrected chi connectivity index (χ4v) is 2.59. The SMILES string of the molecule is COc1ccc(-c2nnc(N(C)C(C)C)nc2-c2ccc(OC)cc2)cc1. The molecule has 0 spiro atoms. The van der Waals surface area contributed by atoms with E-state index in [-0.39, 0.29) is 6.04 Å². The van der Waals surface area contributed by atoms with Gasteiger partial charge in [0.1, 0.15) is 22.9 Å². The van der Waals surface area contributed by atoms with Gasteiger partial charge in [-0.05, 0) is 62.4 Å². The Morgan fingerprint density at radius 1 is 0.741 bits per heavy atom. The summed E-state index contributed by atoms with van der Waals surface area (Å²) in [6.45, 7) is 4.18. The molecule has 0 atom stereocenters. The molecular formula is C21H24N4O2. The first kappa shape index (κ1) is 18.6. The minimum atomic E-state index is 0.266. The van der Waals surface area contributed by atoms with Gasteiger partial charge in [-0.2, -0.15) is 0 Å². The summed E-state index contributed by atoms with van der Waals surface area (Å²) in [5.74, 6) is 2.18. The molecule has 0 unspecified atom stereocenters. The number of benzene rings is 2. The highest BCUT2D eigenvalue weighted by Gasteiger charge is 2.17. The molecule has 0 amide bonds. The molecule has 0 N–H and O–H groups in total. The average molecular weight is 364 g/mol. The van der Waals surface area contributed by atoms with Crippen LogP contribution in [0.4, 0.5) is 5.95 Å². The van der Waals surface area contributed by atoms with E-state index < -0.39 is 0 Å². The normalized spacial score (nSPS) is 10.7. The molecule has 0 saturated carbocycles. The summed E-state index contributed by atoms with van der Waals surface area (Å²) in [5.41, 5.74) is 3.39. The zero-order valence-corrected chi connectivity index (χ0v) is 16.3. The van der Waals surface area contributed by atoms with Crippen molar-refractivity contribution in [3.8, 4) is 34.0 Å². The van der Waals surface area contributed by atoms with Crippen molar-refractivity contribution in [3.05, 3.63) is 48.5 Å². The minimum absolute atomic E-state index is 0.266. The van der Waals surface area contributed by atoms with Crippen LogP contribution in [-0.2, 0) is 0 Å². The maximum absolute atomic E-state index is 5.27. The van der Waals surface area contributed by atoms with Crippen molar-refractivity contribution >= 4 is 5.95 Å². The Kier molecular flexibility index (Phi) is 5.54. The maximum atomic E-state index is 5.27. The highest BCUT2D eigenvalue weighted by atomic mass is 16.5. The summed E-state index contributed by atoms with van der Waals surface area (Å²) in [7, 11) is 5.27. The van der Waals surface area contributed by atoms with Crippen molar-refractivity contribution in [2.24, 2.45) is 0 Å². The number of aromatic nitrogens is 3. The molecule has 0 bridgehead atoms. The molecule has 6 heteroatoms. The Bertz CT molecular complexity index is 893. The third-order valence-electron chi connectivity index (χ3n) is 4.49. The lowest BCUT2D eigenvalue weighted by molar-refractivity contribution is 0.414. The highest BCUT2D eigenvalue weighted by Crippen LogP contribution is 2.31. The van der Waals surface area contributed by atoms with E-state index in [2.05, 4.69) is 24.0 Å². The van der Waals surface area contributed by atoms with Crippen molar-refractivity contribution < 1.29 is 9.47 Å². The molecule has 0 aliphatic heterocycles. The van der Waals surface area contributed by atoms with Gasteiger partial charge in [0.25, 0.3) is 0 Å². The molecule has 3 rings (SSSR count). The molecule has 1 aromatic heterocycles. The van der Waals surface area contributed by atoms with E-state index in [1.54, 1.807) is 14.2 Å². The Morgan fingerprint density at radius 3 is 1.67 bits per heavy atom. The molecule has 6 nitrogen and oxygen atoms in total. The van der Waals surface area contributed by atoms with Crippen molar-refractivity contribution in [2.75, 3.05) is 26.2 Å². The fraction of sp³-hybridized carbons (Fsp3) is 0.286. The lowest BCUT2D eigenvalue weighted by atomic mass is 10.0. The van der Waals surface area contributed by atoms with Gasteiger partial charge in [-0.15, -0.1) is 10.2 Å². The maximum Gasteiger partial charge on any atom is 0.245 e. The monoisotopic (exact) mass is 364 g/mol. The van der Waals surface area contributed by atoms with Crippen molar-refractivity contribution in [1.82, 2.24) is 15.2 Å². The number of ether oxygens (including phenoxy) is 2. The van der Waals surface area contributed by atoms with Crippen LogP contribution in [0.25, 0.3) is 22.5 Å². The molecule has 27 heavy (non-hydrogen) atoms. The molecule has 140 valence electrons. The van der Waals surface area contributed by atoms with Gasteiger partial charge in [0, 0.05) is 24.2 Å². The summed E-state index contributed by atoms with van der Waals surface area (Å²) < 4.78 is 10.5. The van der Waals surface area contributed by atoms with Crippen LogP contribution >= 0.6 is 0 Å². The number of methoxy groups -OCH3 is 2. The molecule has 1 heterocycles. The lowest BCUT2D eigenvalue weighted by Crippen LogP contribution is -2.28. The average Bonchev–Trinajstić information content (AvgIpc) is 2.73. The molecule has 0 fully saturated rings. The number of rotatable bonds is 6. The van der Waals surface area contributed by atoms with Crippen molar-refractivity contribution in [2.45, 2.75) is 19.9 Å². The van der Waals surface area contributed by atoms with E-state index in [9.17, 15) is 0 Å². The molecule has 0 saturated heterocycles. The summed E-state index contributed by atoms with van der Waals surface area (Å²) in [6.07, 6.45) is 0. The summed E-state index contributed by atoms with van der Waals surface area (Å²) in [5, 5.41) is 8.85. The minimum Gasteiger partial charge on any atom is -0.497 e. The van der Waals surface area contributed by atoms with Gasteiger partial charge in [0.05, 0.1) is 14.2 Å². The topological polar surface area (TPSA) is 60.4 Å². The molecule has 2 aromatic carbocycles. The van der Waals surface area contributed by atoms with Crippen LogP contribution in [0.2, 0.25) is 0 Å². The lowest BCUT2D eigenvalue weighted by Gasteiger charge is -2.21. The van der Waals surface area contributed by atoms with E-state index in [1.165, 1.54) is 0 Å². The van der Waals surface area contributed by atoms with Crippen LogP contribution in [0.5, 0.6) is 11.5 Å². The van der Waals surface area contributed by atoms with E-state index in [0.29, 0.717) is 5.95 Å². The van der Waals surface area contributed by atoms with Gasteiger partial charge in [0.2, 0.25) is 5.95 Å². The zero-order chi connectivity index (χ0) is 19.4. The zero-order valence-electron chi connectivity index (χ0n) is 16.3. The summed E-state index contributed by atoms with van der Waals surface area (Å²) in [4.78, 5) is 6.82. The van der Waals surface area contributed by atoms with Crippen LogP contribution in [0.1, 0.15) is 13.8 Å². The Hall–Kier alpha value is -3.15. The third-order valence-corrected chi connectivity index (χ3v) is 4.49. The van der Waals surface area contributed by atoms with Gasteiger partial charge in [-0.1, -0.05) is 0 Å². The van der Waals surface area contributed by atoms with Gasteiger partial charge in [0.15, 0.2) is 0 Å². The number of hydrogen-bond acceptors (Lipinski definition) is 6. The predicted octanol–water partition coefficient (Wildman–Crippen LogP) is 4.07. The number of anilines is 1. The standard InChI is InChI=1S/C21H24N4O2/c1-14(2)25(3)21-22-19(15-6-10-17(26-4)11-7-15)20(23-24-21)16-8-12-18(27-5)13-9-16/h6-14H,1-5H3. The third kappa shape index (κ3) is 4.00. The second kappa shape index (κ2) is 8.03. The molecular weight excluding hydrogens is 340 g/mol. The predicted molar refractivity (Wildman–Crippen MR) is 107 cm³/mol. The Labute approximate surface area is 159 Å². The molecule has 0 aliphatic rings. The van der Waals surface area contributed by atoms with E-state index in [4.69, 9.17) is 14.5 Å². The van der Waals surface area contributed by atoms with E-state index in [0.717, 1.165) is 34.0 Å². The fourth-order valence-electron chi connectivity index (χ4n) is 2.59. The van der Waals surface area contributed by atoms with Crippen molar-refractivity contribution in [1.29, 1.82) is 0 Å². The molecule has 0 radical (unpaired) electrons.